The average Bonchev–Trinajstić information content (AvgIpc) is 2.35. The first-order valence-corrected chi connectivity index (χ1v) is 7.07. The van der Waals surface area contributed by atoms with Crippen LogP contribution >= 0.6 is 11.6 Å². The molecule has 16 heavy (non-hydrogen) atoms. The summed E-state index contributed by atoms with van der Waals surface area (Å²) in [5.41, 5.74) is 0. The second kappa shape index (κ2) is 7.16. The van der Waals surface area contributed by atoms with Gasteiger partial charge in [-0.3, -0.25) is 4.79 Å². The molecule has 0 aromatic carbocycles. The normalized spacial score (nSPS) is 19.4. The lowest BCUT2D eigenvalue weighted by molar-refractivity contribution is -0.131. The molecule has 1 aliphatic carbocycles. The summed E-state index contributed by atoms with van der Waals surface area (Å²) in [7, 11) is 0. The third-order valence-corrected chi connectivity index (χ3v) is 3.97. The molecule has 1 unspecified atom stereocenters. The minimum Gasteiger partial charge on any atom is -0.339 e. The zero-order valence-corrected chi connectivity index (χ0v) is 11.3. The molecule has 2 nitrogen and oxygen atoms in total. The molecular formula is C13H24ClNO. The Morgan fingerprint density at radius 1 is 1.38 bits per heavy atom. The van der Waals surface area contributed by atoms with Gasteiger partial charge in [0.15, 0.2) is 0 Å². The SMILES string of the molecule is CCC(C)N(CC1CCCCC1)C(=O)CCl. The van der Waals surface area contributed by atoms with Crippen LogP contribution in [0.4, 0.5) is 0 Å². The summed E-state index contributed by atoms with van der Waals surface area (Å²) in [6.45, 7) is 5.16. The number of alkyl halides is 1. The Morgan fingerprint density at radius 2 is 2.00 bits per heavy atom. The van der Waals surface area contributed by atoms with Crippen LogP contribution in [-0.2, 0) is 4.79 Å². The summed E-state index contributed by atoms with van der Waals surface area (Å²) >= 11 is 5.67. The molecule has 0 N–H and O–H groups in total. The van der Waals surface area contributed by atoms with E-state index in [0.29, 0.717) is 12.0 Å². The van der Waals surface area contributed by atoms with Gasteiger partial charge in [0.25, 0.3) is 0 Å². The van der Waals surface area contributed by atoms with Crippen LogP contribution in [0.2, 0.25) is 0 Å². The predicted octanol–water partition coefficient (Wildman–Crippen LogP) is 3.43. The van der Waals surface area contributed by atoms with E-state index in [2.05, 4.69) is 13.8 Å². The van der Waals surface area contributed by atoms with E-state index in [1.165, 1.54) is 32.1 Å². The maximum absolute atomic E-state index is 11.8. The molecule has 1 saturated carbocycles. The van der Waals surface area contributed by atoms with Gasteiger partial charge in [0.05, 0.1) is 0 Å². The Labute approximate surface area is 104 Å². The molecule has 1 aliphatic rings. The third kappa shape index (κ3) is 3.97. The van der Waals surface area contributed by atoms with Crippen molar-refractivity contribution in [2.24, 2.45) is 5.92 Å². The standard InChI is InChI=1S/C13H24ClNO/c1-3-11(2)15(13(16)9-14)10-12-7-5-4-6-8-12/h11-12H,3-10H2,1-2H3. The van der Waals surface area contributed by atoms with Crippen molar-refractivity contribution in [1.29, 1.82) is 0 Å². The fraction of sp³-hybridized carbons (Fsp3) is 0.923. The molecule has 0 heterocycles. The van der Waals surface area contributed by atoms with Crippen molar-refractivity contribution < 1.29 is 4.79 Å². The van der Waals surface area contributed by atoms with Crippen molar-refractivity contribution in [1.82, 2.24) is 4.90 Å². The lowest BCUT2D eigenvalue weighted by Gasteiger charge is -2.33. The number of amides is 1. The minimum absolute atomic E-state index is 0.0987. The molecule has 0 spiro atoms. The lowest BCUT2D eigenvalue weighted by Crippen LogP contribution is -2.42. The predicted molar refractivity (Wildman–Crippen MR) is 68.8 cm³/mol. The van der Waals surface area contributed by atoms with Crippen molar-refractivity contribution in [2.75, 3.05) is 12.4 Å². The molecule has 1 rings (SSSR count). The minimum atomic E-state index is 0.0987. The van der Waals surface area contributed by atoms with E-state index in [1.807, 2.05) is 4.90 Å². The summed E-state index contributed by atoms with van der Waals surface area (Å²) in [5.74, 6) is 0.924. The van der Waals surface area contributed by atoms with Crippen molar-refractivity contribution >= 4 is 17.5 Å². The summed E-state index contributed by atoms with van der Waals surface area (Å²) in [4.78, 5) is 13.8. The van der Waals surface area contributed by atoms with Crippen molar-refractivity contribution in [3.8, 4) is 0 Å². The second-order valence-electron chi connectivity index (χ2n) is 4.94. The van der Waals surface area contributed by atoms with E-state index in [9.17, 15) is 4.79 Å². The zero-order chi connectivity index (χ0) is 12.0. The highest BCUT2D eigenvalue weighted by Gasteiger charge is 2.23. The van der Waals surface area contributed by atoms with E-state index in [4.69, 9.17) is 11.6 Å². The summed E-state index contributed by atoms with van der Waals surface area (Å²) in [5, 5.41) is 0. The Kier molecular flexibility index (Phi) is 6.18. The lowest BCUT2D eigenvalue weighted by atomic mass is 9.88. The van der Waals surface area contributed by atoms with Gasteiger partial charge in [-0.25, -0.2) is 0 Å². The molecule has 0 bridgehead atoms. The highest BCUT2D eigenvalue weighted by atomic mass is 35.5. The van der Waals surface area contributed by atoms with Crippen LogP contribution in [0.25, 0.3) is 0 Å². The Bertz CT molecular complexity index is 214. The first kappa shape index (κ1) is 13.8. The second-order valence-corrected chi connectivity index (χ2v) is 5.21. The molecule has 0 aliphatic heterocycles. The number of nitrogens with zero attached hydrogens (tertiary/aromatic N) is 1. The van der Waals surface area contributed by atoms with Crippen LogP contribution in [0.3, 0.4) is 0 Å². The van der Waals surface area contributed by atoms with Crippen LogP contribution in [-0.4, -0.2) is 29.3 Å². The number of carbonyl (C=O) groups excluding carboxylic acids is 1. The molecule has 0 radical (unpaired) electrons. The van der Waals surface area contributed by atoms with Gasteiger partial charge in [-0.1, -0.05) is 26.2 Å². The van der Waals surface area contributed by atoms with Gasteiger partial charge in [0.2, 0.25) is 5.91 Å². The van der Waals surface area contributed by atoms with Crippen molar-refractivity contribution in [2.45, 2.75) is 58.4 Å². The maximum atomic E-state index is 11.8. The van der Waals surface area contributed by atoms with Gasteiger partial charge in [-0.15, -0.1) is 11.6 Å². The van der Waals surface area contributed by atoms with Crippen molar-refractivity contribution in [3.63, 3.8) is 0 Å². The third-order valence-electron chi connectivity index (χ3n) is 3.74. The molecule has 3 heteroatoms. The Balaban J connectivity index is 2.51. The average molecular weight is 246 g/mol. The van der Waals surface area contributed by atoms with Gasteiger partial charge < -0.3 is 4.90 Å². The monoisotopic (exact) mass is 245 g/mol. The number of rotatable bonds is 5. The van der Waals surface area contributed by atoms with E-state index >= 15 is 0 Å². The molecule has 0 aromatic heterocycles. The molecule has 1 amide bonds. The molecule has 1 fully saturated rings. The van der Waals surface area contributed by atoms with E-state index in [1.54, 1.807) is 0 Å². The van der Waals surface area contributed by atoms with Crippen LogP contribution in [0, 0.1) is 5.92 Å². The first-order valence-electron chi connectivity index (χ1n) is 6.54. The number of carbonyl (C=O) groups is 1. The maximum Gasteiger partial charge on any atom is 0.237 e. The molecular weight excluding hydrogens is 222 g/mol. The van der Waals surface area contributed by atoms with Gasteiger partial charge in [-0.05, 0) is 32.1 Å². The number of halogens is 1. The highest BCUT2D eigenvalue weighted by molar-refractivity contribution is 6.27. The summed E-state index contributed by atoms with van der Waals surface area (Å²) in [6.07, 6.45) is 7.59. The first-order chi connectivity index (χ1) is 7.69. The van der Waals surface area contributed by atoms with Crippen LogP contribution in [0.15, 0.2) is 0 Å². The fourth-order valence-electron chi connectivity index (χ4n) is 2.47. The zero-order valence-electron chi connectivity index (χ0n) is 10.5. The van der Waals surface area contributed by atoms with E-state index in [-0.39, 0.29) is 11.8 Å². The quantitative estimate of drug-likeness (QED) is 0.680. The molecule has 94 valence electrons. The molecule has 0 saturated heterocycles. The van der Waals surface area contributed by atoms with Crippen molar-refractivity contribution in [3.05, 3.63) is 0 Å². The molecule has 0 aromatic rings. The van der Waals surface area contributed by atoms with E-state index < -0.39 is 0 Å². The largest absolute Gasteiger partial charge is 0.339 e. The smallest absolute Gasteiger partial charge is 0.237 e. The van der Waals surface area contributed by atoms with Gasteiger partial charge in [0.1, 0.15) is 5.88 Å². The topological polar surface area (TPSA) is 20.3 Å². The van der Waals surface area contributed by atoms with Gasteiger partial charge in [0, 0.05) is 12.6 Å². The fourth-order valence-corrected chi connectivity index (χ4v) is 2.63. The summed E-state index contributed by atoms with van der Waals surface area (Å²) in [6, 6.07) is 0.327. The number of hydrogen-bond donors (Lipinski definition) is 0. The van der Waals surface area contributed by atoms with Crippen LogP contribution in [0.5, 0.6) is 0 Å². The Morgan fingerprint density at radius 3 is 2.50 bits per heavy atom. The molecule has 1 atom stereocenters. The van der Waals surface area contributed by atoms with Crippen LogP contribution in [0.1, 0.15) is 52.4 Å². The van der Waals surface area contributed by atoms with Gasteiger partial charge >= 0.3 is 0 Å². The highest BCUT2D eigenvalue weighted by Crippen LogP contribution is 2.25. The number of hydrogen-bond acceptors (Lipinski definition) is 1. The Hall–Kier alpha value is -0.240. The van der Waals surface area contributed by atoms with Crippen LogP contribution < -0.4 is 0 Å². The summed E-state index contributed by atoms with van der Waals surface area (Å²) < 4.78 is 0. The van der Waals surface area contributed by atoms with E-state index in [0.717, 1.165) is 13.0 Å². The van der Waals surface area contributed by atoms with Gasteiger partial charge in [-0.2, -0.15) is 0 Å².